The molecule has 0 N–H and O–H groups in total. The number of nitrogens with zero attached hydrogens (tertiary/aromatic N) is 4. The number of rotatable bonds is 3. The van der Waals surface area contributed by atoms with Gasteiger partial charge >= 0.3 is 0 Å². The molecule has 0 saturated heterocycles. The maximum absolute atomic E-state index is 12.3. The molecule has 104 valence electrons. The zero-order valence-electron chi connectivity index (χ0n) is 10.6. The molecule has 0 saturated carbocycles. The van der Waals surface area contributed by atoms with Gasteiger partial charge in [-0.15, -0.1) is 22.7 Å². The monoisotopic (exact) mass is 316 g/mol. The second-order valence-electron chi connectivity index (χ2n) is 4.31. The standard InChI is InChI=1S/C13H8N4O2S2/c18-13-11-8(3-5-21-11)14-7-17(13)6-10-15-12(19-16-10)9-2-1-4-20-9/h1-5,7H,6H2. The Hall–Kier alpha value is -2.32. The van der Waals surface area contributed by atoms with E-state index < -0.39 is 0 Å². The summed E-state index contributed by atoms with van der Waals surface area (Å²) in [6.07, 6.45) is 1.51. The van der Waals surface area contributed by atoms with E-state index in [1.165, 1.54) is 33.6 Å². The van der Waals surface area contributed by atoms with Crippen LogP contribution in [0.1, 0.15) is 5.82 Å². The maximum Gasteiger partial charge on any atom is 0.271 e. The van der Waals surface area contributed by atoms with Gasteiger partial charge in [0.15, 0.2) is 5.82 Å². The van der Waals surface area contributed by atoms with Gasteiger partial charge in [0.2, 0.25) is 0 Å². The van der Waals surface area contributed by atoms with E-state index in [0.717, 1.165) is 4.88 Å². The highest BCUT2D eigenvalue weighted by Gasteiger charge is 2.12. The van der Waals surface area contributed by atoms with E-state index >= 15 is 0 Å². The van der Waals surface area contributed by atoms with Crippen LogP contribution in [-0.2, 0) is 6.54 Å². The molecule has 0 aromatic carbocycles. The molecule has 8 heteroatoms. The number of thiophene rings is 2. The Labute approximate surface area is 126 Å². The van der Waals surface area contributed by atoms with Gasteiger partial charge in [-0.05, 0) is 22.9 Å². The van der Waals surface area contributed by atoms with Crippen LogP contribution in [-0.4, -0.2) is 19.7 Å². The van der Waals surface area contributed by atoms with E-state index in [9.17, 15) is 4.79 Å². The first-order chi connectivity index (χ1) is 10.3. The van der Waals surface area contributed by atoms with Gasteiger partial charge in [0.25, 0.3) is 11.4 Å². The summed E-state index contributed by atoms with van der Waals surface area (Å²) in [5, 5.41) is 7.71. The first-order valence-electron chi connectivity index (χ1n) is 6.10. The maximum atomic E-state index is 12.3. The topological polar surface area (TPSA) is 73.8 Å². The third-order valence-electron chi connectivity index (χ3n) is 2.95. The highest BCUT2D eigenvalue weighted by Crippen LogP contribution is 2.22. The highest BCUT2D eigenvalue weighted by atomic mass is 32.1. The Morgan fingerprint density at radius 1 is 1.24 bits per heavy atom. The summed E-state index contributed by atoms with van der Waals surface area (Å²) in [6.45, 7) is 0.245. The van der Waals surface area contributed by atoms with E-state index in [2.05, 4.69) is 15.1 Å². The average molecular weight is 316 g/mol. The van der Waals surface area contributed by atoms with Crippen molar-refractivity contribution in [2.24, 2.45) is 0 Å². The lowest BCUT2D eigenvalue weighted by Gasteiger charge is -2.00. The average Bonchev–Trinajstić information content (AvgIpc) is 3.21. The molecule has 4 heterocycles. The second-order valence-corrected chi connectivity index (χ2v) is 6.17. The van der Waals surface area contributed by atoms with Crippen LogP contribution in [0.4, 0.5) is 0 Å². The molecule has 0 aliphatic rings. The fourth-order valence-corrected chi connectivity index (χ4v) is 3.40. The smallest absolute Gasteiger partial charge is 0.271 e. The Kier molecular flexibility index (Phi) is 2.90. The number of fused-ring (bicyclic) bond motifs is 1. The van der Waals surface area contributed by atoms with Crippen molar-refractivity contribution in [3.05, 3.63) is 51.5 Å². The summed E-state index contributed by atoms with van der Waals surface area (Å²) in [5.74, 6) is 0.927. The molecular formula is C13H8N4O2S2. The lowest BCUT2D eigenvalue weighted by molar-refractivity contribution is 0.421. The third-order valence-corrected chi connectivity index (χ3v) is 4.70. The zero-order valence-corrected chi connectivity index (χ0v) is 12.2. The molecule has 4 rings (SSSR count). The first-order valence-corrected chi connectivity index (χ1v) is 7.86. The summed E-state index contributed by atoms with van der Waals surface area (Å²) in [7, 11) is 0. The molecule has 4 aromatic heterocycles. The predicted octanol–water partition coefficient (Wildman–Crippen LogP) is 2.62. The van der Waals surface area contributed by atoms with Gasteiger partial charge in [0.1, 0.15) is 4.70 Å². The molecule has 0 aliphatic carbocycles. The fraction of sp³-hybridized carbons (Fsp3) is 0.0769. The number of aromatic nitrogens is 4. The van der Waals surface area contributed by atoms with E-state index in [-0.39, 0.29) is 12.1 Å². The normalized spacial score (nSPS) is 11.2. The minimum atomic E-state index is -0.0857. The van der Waals surface area contributed by atoms with Crippen LogP contribution in [0.15, 0.2) is 44.6 Å². The second kappa shape index (κ2) is 4.90. The largest absolute Gasteiger partial charge is 0.333 e. The van der Waals surface area contributed by atoms with Crippen molar-refractivity contribution < 1.29 is 4.52 Å². The predicted molar refractivity (Wildman–Crippen MR) is 80.6 cm³/mol. The minimum Gasteiger partial charge on any atom is -0.333 e. The minimum absolute atomic E-state index is 0.0857. The summed E-state index contributed by atoms with van der Waals surface area (Å²) in [6, 6.07) is 5.66. The van der Waals surface area contributed by atoms with Crippen molar-refractivity contribution in [2.75, 3.05) is 0 Å². The van der Waals surface area contributed by atoms with Crippen molar-refractivity contribution >= 4 is 32.9 Å². The van der Waals surface area contributed by atoms with Crippen LogP contribution in [0, 0.1) is 0 Å². The lowest BCUT2D eigenvalue weighted by Crippen LogP contribution is -2.20. The lowest BCUT2D eigenvalue weighted by atomic mass is 10.4. The fourth-order valence-electron chi connectivity index (χ4n) is 1.96. The van der Waals surface area contributed by atoms with E-state index in [1.54, 1.807) is 0 Å². The summed E-state index contributed by atoms with van der Waals surface area (Å²) in [5.41, 5.74) is 0.631. The summed E-state index contributed by atoms with van der Waals surface area (Å²) in [4.78, 5) is 21.7. The highest BCUT2D eigenvalue weighted by molar-refractivity contribution is 7.17. The quantitative estimate of drug-likeness (QED) is 0.581. The van der Waals surface area contributed by atoms with Gasteiger partial charge in [0.05, 0.1) is 23.3 Å². The first kappa shape index (κ1) is 12.4. The molecule has 0 radical (unpaired) electrons. The number of hydrogen-bond acceptors (Lipinski definition) is 7. The van der Waals surface area contributed by atoms with E-state index in [0.29, 0.717) is 21.9 Å². The van der Waals surface area contributed by atoms with Crippen molar-refractivity contribution in [3.8, 4) is 10.8 Å². The molecule has 4 aromatic rings. The molecule has 0 bridgehead atoms. The molecular weight excluding hydrogens is 308 g/mol. The summed E-state index contributed by atoms with van der Waals surface area (Å²) >= 11 is 2.91. The van der Waals surface area contributed by atoms with Crippen molar-refractivity contribution in [2.45, 2.75) is 6.54 Å². The van der Waals surface area contributed by atoms with Crippen LogP contribution in [0.2, 0.25) is 0 Å². The third kappa shape index (κ3) is 2.18. The van der Waals surface area contributed by atoms with Crippen molar-refractivity contribution in [1.29, 1.82) is 0 Å². The van der Waals surface area contributed by atoms with Crippen LogP contribution in [0.25, 0.3) is 21.0 Å². The molecule has 0 unspecified atom stereocenters. The Balaban J connectivity index is 1.68. The van der Waals surface area contributed by atoms with Crippen molar-refractivity contribution in [1.82, 2.24) is 19.7 Å². The molecule has 0 atom stereocenters. The van der Waals surface area contributed by atoms with E-state index in [4.69, 9.17) is 4.52 Å². The summed E-state index contributed by atoms with van der Waals surface area (Å²) < 4.78 is 7.34. The van der Waals surface area contributed by atoms with Crippen LogP contribution < -0.4 is 5.56 Å². The number of hydrogen-bond donors (Lipinski definition) is 0. The van der Waals surface area contributed by atoms with Crippen LogP contribution >= 0.6 is 22.7 Å². The van der Waals surface area contributed by atoms with Gasteiger partial charge in [-0.25, -0.2) is 4.98 Å². The molecule has 0 amide bonds. The molecule has 0 aliphatic heterocycles. The SMILES string of the molecule is O=c1c2sccc2ncn1Cc1noc(-c2cccs2)n1. The molecule has 0 fully saturated rings. The van der Waals surface area contributed by atoms with Crippen LogP contribution in [0.3, 0.4) is 0 Å². The van der Waals surface area contributed by atoms with Crippen molar-refractivity contribution in [3.63, 3.8) is 0 Å². The van der Waals surface area contributed by atoms with Gasteiger partial charge in [-0.3, -0.25) is 9.36 Å². The Bertz CT molecular complexity index is 952. The molecule has 21 heavy (non-hydrogen) atoms. The van der Waals surface area contributed by atoms with Crippen LogP contribution in [0.5, 0.6) is 0 Å². The Morgan fingerprint density at radius 3 is 3.05 bits per heavy atom. The molecule has 6 nitrogen and oxygen atoms in total. The van der Waals surface area contributed by atoms with Gasteiger partial charge < -0.3 is 4.52 Å². The molecule has 0 spiro atoms. The van der Waals surface area contributed by atoms with E-state index in [1.807, 2.05) is 29.0 Å². The zero-order chi connectivity index (χ0) is 14.2. The van der Waals surface area contributed by atoms with Gasteiger partial charge in [-0.2, -0.15) is 4.98 Å². The van der Waals surface area contributed by atoms with Gasteiger partial charge in [-0.1, -0.05) is 11.2 Å². The van der Waals surface area contributed by atoms with Gasteiger partial charge in [0, 0.05) is 0 Å². The Morgan fingerprint density at radius 2 is 2.19 bits per heavy atom.